The van der Waals surface area contributed by atoms with Gasteiger partial charge in [-0.2, -0.15) is 0 Å². The first kappa shape index (κ1) is 17.6. The van der Waals surface area contributed by atoms with E-state index in [1.165, 1.54) is 0 Å². The summed E-state index contributed by atoms with van der Waals surface area (Å²) in [4.78, 5) is 44.1. The Balaban J connectivity index is 1.66. The Hall–Kier alpha value is -3.80. The molecule has 6 heteroatoms. The molecule has 138 valence electrons. The molecule has 2 heterocycles. The number of carbonyl (C=O) groups excluding carboxylic acids is 3. The molecule has 4 rings (SSSR count). The van der Waals surface area contributed by atoms with Crippen molar-refractivity contribution >= 4 is 17.7 Å². The second kappa shape index (κ2) is 7.44. The van der Waals surface area contributed by atoms with Crippen LogP contribution in [0, 0.1) is 0 Å². The molecular weight excluding hydrogens is 354 g/mol. The van der Waals surface area contributed by atoms with Crippen molar-refractivity contribution in [2.45, 2.75) is 12.6 Å². The molecule has 2 aromatic carbocycles. The second-order valence-corrected chi connectivity index (χ2v) is 6.38. The maximum atomic E-state index is 13.1. The van der Waals surface area contributed by atoms with Crippen molar-refractivity contribution in [3.63, 3.8) is 0 Å². The summed E-state index contributed by atoms with van der Waals surface area (Å²) < 4.78 is 0. The van der Waals surface area contributed by atoms with E-state index in [-0.39, 0.29) is 6.54 Å². The number of hydrogen-bond acceptors (Lipinski definition) is 4. The van der Waals surface area contributed by atoms with Gasteiger partial charge in [-0.3, -0.25) is 24.3 Å². The highest BCUT2D eigenvalue weighted by Gasteiger charge is 2.43. The van der Waals surface area contributed by atoms with E-state index in [4.69, 9.17) is 0 Å². The third-order valence-electron chi connectivity index (χ3n) is 4.62. The molecule has 0 saturated heterocycles. The van der Waals surface area contributed by atoms with E-state index in [1.54, 1.807) is 66.9 Å². The van der Waals surface area contributed by atoms with Crippen LogP contribution in [0.4, 0.5) is 0 Å². The first-order chi connectivity index (χ1) is 13.7. The number of nitrogens with one attached hydrogen (secondary N) is 1. The van der Waals surface area contributed by atoms with Crippen molar-refractivity contribution in [3.05, 3.63) is 101 Å². The average molecular weight is 371 g/mol. The summed E-state index contributed by atoms with van der Waals surface area (Å²) in [6.45, 7) is 0.201. The van der Waals surface area contributed by atoms with Gasteiger partial charge in [0.1, 0.15) is 6.04 Å². The summed E-state index contributed by atoms with van der Waals surface area (Å²) in [6.07, 6.45) is 1.64. The number of hydrogen-bond donors (Lipinski definition) is 1. The molecule has 1 aliphatic rings. The molecule has 0 aliphatic carbocycles. The minimum absolute atomic E-state index is 0.201. The van der Waals surface area contributed by atoms with Crippen LogP contribution in [0.25, 0.3) is 0 Å². The summed E-state index contributed by atoms with van der Waals surface area (Å²) in [5.41, 5.74) is 1.87. The van der Waals surface area contributed by atoms with E-state index < -0.39 is 23.8 Å². The molecule has 0 bridgehead atoms. The van der Waals surface area contributed by atoms with Crippen molar-refractivity contribution in [3.8, 4) is 0 Å². The largest absolute Gasteiger partial charge is 0.348 e. The Morgan fingerprint density at radius 2 is 1.46 bits per heavy atom. The van der Waals surface area contributed by atoms with Crippen molar-refractivity contribution in [1.29, 1.82) is 0 Å². The summed E-state index contributed by atoms with van der Waals surface area (Å²) in [7, 11) is 0. The van der Waals surface area contributed by atoms with E-state index in [0.717, 1.165) is 4.90 Å². The van der Waals surface area contributed by atoms with Gasteiger partial charge in [0.15, 0.2) is 0 Å². The molecule has 1 aromatic heterocycles. The number of pyridine rings is 1. The molecule has 3 amide bonds. The maximum Gasteiger partial charge on any atom is 0.262 e. The zero-order chi connectivity index (χ0) is 19.5. The van der Waals surface area contributed by atoms with Gasteiger partial charge in [0.05, 0.1) is 23.4 Å². The second-order valence-electron chi connectivity index (χ2n) is 6.38. The lowest BCUT2D eigenvalue weighted by Gasteiger charge is -2.25. The summed E-state index contributed by atoms with van der Waals surface area (Å²) >= 11 is 0. The molecule has 1 N–H and O–H groups in total. The minimum Gasteiger partial charge on any atom is -0.348 e. The fourth-order valence-corrected chi connectivity index (χ4v) is 3.27. The third-order valence-corrected chi connectivity index (χ3v) is 4.62. The van der Waals surface area contributed by atoms with Crippen LogP contribution >= 0.6 is 0 Å². The molecular formula is C22H17N3O3. The van der Waals surface area contributed by atoms with E-state index in [0.29, 0.717) is 22.4 Å². The standard InChI is InChI=1S/C22H17N3O3/c26-20(24-14-16-10-6-7-13-23-16)19(15-8-2-1-3-9-15)25-21(27)17-11-4-5-12-18(17)22(25)28/h1-13,19H,14H2,(H,24,26)/t19-/m1/s1. The Bertz CT molecular complexity index is 1000. The molecule has 0 spiro atoms. The first-order valence-corrected chi connectivity index (χ1v) is 8.86. The zero-order valence-electron chi connectivity index (χ0n) is 14.9. The van der Waals surface area contributed by atoms with Gasteiger partial charge >= 0.3 is 0 Å². The van der Waals surface area contributed by atoms with Crippen LogP contribution < -0.4 is 5.32 Å². The lowest BCUT2D eigenvalue weighted by Crippen LogP contribution is -2.43. The quantitative estimate of drug-likeness (QED) is 0.700. The Morgan fingerprint density at radius 1 is 0.857 bits per heavy atom. The van der Waals surface area contributed by atoms with Crippen LogP contribution in [0.15, 0.2) is 79.0 Å². The minimum atomic E-state index is -1.06. The average Bonchev–Trinajstić information content (AvgIpc) is 2.99. The van der Waals surface area contributed by atoms with Crippen LogP contribution in [0.2, 0.25) is 0 Å². The molecule has 6 nitrogen and oxygen atoms in total. The van der Waals surface area contributed by atoms with Gasteiger partial charge in [0, 0.05) is 6.20 Å². The summed E-state index contributed by atoms with van der Waals surface area (Å²) in [6, 6.07) is 19.8. The van der Waals surface area contributed by atoms with Gasteiger partial charge in [0.2, 0.25) is 5.91 Å². The molecule has 0 radical (unpaired) electrons. The van der Waals surface area contributed by atoms with Gasteiger partial charge in [0.25, 0.3) is 11.8 Å². The number of fused-ring (bicyclic) bond motifs is 1. The number of amides is 3. The zero-order valence-corrected chi connectivity index (χ0v) is 14.9. The fraction of sp³-hybridized carbons (Fsp3) is 0.0909. The molecule has 28 heavy (non-hydrogen) atoms. The molecule has 0 saturated carbocycles. The highest BCUT2D eigenvalue weighted by Crippen LogP contribution is 2.31. The lowest BCUT2D eigenvalue weighted by atomic mass is 10.0. The smallest absolute Gasteiger partial charge is 0.262 e. The SMILES string of the molecule is O=C(NCc1ccccn1)[C@@H](c1ccccc1)N1C(=O)c2ccccc2C1=O. The number of imide groups is 1. The normalized spacial score (nSPS) is 13.9. The van der Waals surface area contributed by atoms with Gasteiger partial charge in [-0.1, -0.05) is 48.5 Å². The first-order valence-electron chi connectivity index (χ1n) is 8.86. The number of aromatic nitrogens is 1. The third kappa shape index (κ3) is 3.16. The Kier molecular flexibility index (Phi) is 4.68. The Morgan fingerprint density at radius 3 is 2.07 bits per heavy atom. The van der Waals surface area contributed by atoms with Crippen LogP contribution in [0.3, 0.4) is 0 Å². The molecule has 0 fully saturated rings. The fourth-order valence-electron chi connectivity index (χ4n) is 3.27. The van der Waals surface area contributed by atoms with Crippen LogP contribution in [-0.2, 0) is 11.3 Å². The van der Waals surface area contributed by atoms with Gasteiger partial charge in [-0.05, 0) is 29.8 Å². The monoisotopic (exact) mass is 371 g/mol. The maximum absolute atomic E-state index is 13.1. The van der Waals surface area contributed by atoms with Crippen molar-refractivity contribution in [2.24, 2.45) is 0 Å². The molecule has 0 unspecified atom stereocenters. The predicted octanol–water partition coefficient (Wildman–Crippen LogP) is 2.74. The van der Waals surface area contributed by atoms with Crippen LogP contribution in [-0.4, -0.2) is 27.6 Å². The Labute approximate surface area is 161 Å². The number of nitrogens with zero attached hydrogens (tertiary/aromatic N) is 2. The van der Waals surface area contributed by atoms with E-state index in [2.05, 4.69) is 10.3 Å². The molecule has 1 aliphatic heterocycles. The highest BCUT2D eigenvalue weighted by atomic mass is 16.2. The number of carbonyl (C=O) groups is 3. The van der Waals surface area contributed by atoms with E-state index in [9.17, 15) is 14.4 Å². The van der Waals surface area contributed by atoms with E-state index in [1.807, 2.05) is 12.1 Å². The van der Waals surface area contributed by atoms with Gasteiger partial charge in [-0.15, -0.1) is 0 Å². The van der Waals surface area contributed by atoms with Crippen molar-refractivity contribution < 1.29 is 14.4 Å². The topological polar surface area (TPSA) is 79.4 Å². The van der Waals surface area contributed by atoms with Crippen molar-refractivity contribution in [2.75, 3.05) is 0 Å². The lowest BCUT2D eigenvalue weighted by molar-refractivity contribution is -0.125. The van der Waals surface area contributed by atoms with Crippen LogP contribution in [0.5, 0.6) is 0 Å². The van der Waals surface area contributed by atoms with Gasteiger partial charge < -0.3 is 5.32 Å². The predicted molar refractivity (Wildman–Crippen MR) is 102 cm³/mol. The number of rotatable bonds is 5. The summed E-state index contributed by atoms with van der Waals surface area (Å²) in [5.74, 6) is -1.38. The van der Waals surface area contributed by atoms with Crippen molar-refractivity contribution in [1.82, 2.24) is 15.2 Å². The van der Waals surface area contributed by atoms with E-state index >= 15 is 0 Å². The van der Waals surface area contributed by atoms with Gasteiger partial charge in [-0.25, -0.2) is 0 Å². The summed E-state index contributed by atoms with van der Waals surface area (Å²) in [5, 5.41) is 2.79. The van der Waals surface area contributed by atoms with Crippen LogP contribution in [0.1, 0.15) is 38.0 Å². The number of benzene rings is 2. The molecule has 1 atom stereocenters. The highest BCUT2D eigenvalue weighted by molar-refractivity contribution is 6.22. The molecule has 3 aromatic rings.